The summed E-state index contributed by atoms with van der Waals surface area (Å²) >= 11 is 0. The highest BCUT2D eigenvalue weighted by Gasteiger charge is 2.18. The summed E-state index contributed by atoms with van der Waals surface area (Å²) in [4.78, 5) is 7.52. The second kappa shape index (κ2) is 11.7. The van der Waals surface area contributed by atoms with E-state index < -0.39 is 0 Å². The van der Waals surface area contributed by atoms with Gasteiger partial charge in [-0.1, -0.05) is 121 Å². The minimum atomic E-state index is 0.921. The molecule has 0 bridgehead atoms. The zero-order valence-electron chi connectivity index (χ0n) is 26.2. The first-order valence-electron chi connectivity index (χ1n) is 16.3. The first-order valence-corrected chi connectivity index (χ1v) is 16.3. The lowest BCUT2D eigenvalue weighted by molar-refractivity contribution is 1.11. The van der Waals surface area contributed by atoms with Crippen LogP contribution in [0.2, 0.25) is 0 Å². The van der Waals surface area contributed by atoms with Gasteiger partial charge in [-0.05, 0) is 94.0 Å². The molecule has 0 fully saturated rings. The zero-order valence-corrected chi connectivity index (χ0v) is 26.2. The fourth-order valence-electron chi connectivity index (χ4n) is 6.91. The van der Waals surface area contributed by atoms with Gasteiger partial charge in [0.15, 0.2) is 0 Å². The third-order valence-corrected chi connectivity index (χ3v) is 9.18. The van der Waals surface area contributed by atoms with Crippen molar-refractivity contribution >= 4 is 49.6 Å². The van der Waals surface area contributed by atoms with Crippen molar-refractivity contribution in [2.24, 2.45) is 0 Å². The van der Waals surface area contributed by atoms with Crippen molar-refractivity contribution in [2.75, 3.05) is 4.90 Å². The molecule has 0 radical (unpaired) electrons. The number of anilines is 3. The molecule has 0 spiro atoms. The molecule has 8 aromatic carbocycles. The Hall–Kier alpha value is -6.45. The maximum absolute atomic E-state index is 5.21. The molecular weight excluding hydrogens is 583 g/mol. The Bertz CT molecular complexity index is 2530. The number of fused-ring (bicyclic) bond motifs is 4. The van der Waals surface area contributed by atoms with E-state index in [2.05, 4.69) is 198 Å². The average molecular weight is 614 g/mol. The van der Waals surface area contributed by atoms with E-state index in [0.29, 0.717) is 0 Å². The number of imidazole rings is 1. The smallest absolute Gasteiger partial charge is 0.145 e. The summed E-state index contributed by atoms with van der Waals surface area (Å²) < 4.78 is 2.30. The summed E-state index contributed by atoms with van der Waals surface area (Å²) in [5.74, 6) is 0.921. The molecule has 0 saturated heterocycles. The summed E-state index contributed by atoms with van der Waals surface area (Å²) in [5.41, 5.74) is 9.97. The van der Waals surface area contributed by atoms with Crippen LogP contribution in [-0.2, 0) is 0 Å². The fraction of sp³-hybridized carbons (Fsp3) is 0. The Labute approximate surface area is 279 Å². The van der Waals surface area contributed by atoms with E-state index >= 15 is 0 Å². The summed E-state index contributed by atoms with van der Waals surface area (Å²) in [6.07, 6.45) is 0. The van der Waals surface area contributed by atoms with Gasteiger partial charge in [0, 0.05) is 33.7 Å². The van der Waals surface area contributed by atoms with Crippen molar-refractivity contribution in [3.05, 3.63) is 188 Å². The number of aromatic nitrogens is 2. The van der Waals surface area contributed by atoms with Crippen molar-refractivity contribution in [3.63, 3.8) is 0 Å². The lowest BCUT2D eigenvalue weighted by atomic mass is 9.98. The molecule has 0 aliphatic heterocycles. The van der Waals surface area contributed by atoms with E-state index in [1.807, 2.05) is 0 Å². The summed E-state index contributed by atoms with van der Waals surface area (Å²) in [5, 5.41) is 4.90. The minimum Gasteiger partial charge on any atom is -0.311 e. The number of benzene rings is 8. The molecule has 3 nitrogen and oxygen atoms in total. The standard InChI is InChI=1S/C45H31N3/c1-3-15-36(16-4-1)47(38-27-22-34(23-28-38)41-21-11-14-32-12-7-9-19-40(32)41)39-29-24-35(25-30-39)45-46-43-31-26-33-13-8-10-20-42(33)44(43)48(45)37-17-5-2-6-18-37/h1-31H. The van der Waals surface area contributed by atoms with Crippen LogP contribution in [0.1, 0.15) is 0 Å². The van der Waals surface area contributed by atoms with Gasteiger partial charge >= 0.3 is 0 Å². The highest BCUT2D eigenvalue weighted by Crippen LogP contribution is 2.39. The number of hydrogen-bond acceptors (Lipinski definition) is 2. The van der Waals surface area contributed by atoms with Gasteiger partial charge in [0.2, 0.25) is 0 Å². The number of rotatable bonds is 6. The lowest BCUT2D eigenvalue weighted by Crippen LogP contribution is -2.09. The Balaban J connectivity index is 1.14. The first kappa shape index (κ1) is 27.8. The van der Waals surface area contributed by atoms with Crippen LogP contribution in [0, 0.1) is 0 Å². The Morgan fingerprint density at radius 1 is 0.396 bits per heavy atom. The van der Waals surface area contributed by atoms with Gasteiger partial charge in [-0.3, -0.25) is 4.57 Å². The van der Waals surface area contributed by atoms with Crippen molar-refractivity contribution in [1.29, 1.82) is 0 Å². The summed E-state index contributed by atoms with van der Waals surface area (Å²) in [6, 6.07) is 66.7. The van der Waals surface area contributed by atoms with Crippen LogP contribution in [0.15, 0.2) is 188 Å². The molecule has 0 aliphatic rings. The second-order valence-corrected chi connectivity index (χ2v) is 12.1. The molecule has 1 aromatic heterocycles. The van der Waals surface area contributed by atoms with Crippen LogP contribution in [0.5, 0.6) is 0 Å². The van der Waals surface area contributed by atoms with Crippen LogP contribution in [0.3, 0.4) is 0 Å². The van der Waals surface area contributed by atoms with Gasteiger partial charge in [-0.2, -0.15) is 0 Å². The molecule has 0 unspecified atom stereocenters. The van der Waals surface area contributed by atoms with Crippen molar-refractivity contribution in [2.45, 2.75) is 0 Å². The number of nitrogens with zero attached hydrogens (tertiary/aromatic N) is 3. The SMILES string of the molecule is c1ccc(N(c2ccc(-c3cccc4ccccc34)cc2)c2ccc(-c3nc4ccc5ccccc5c4n3-c3ccccc3)cc2)cc1. The maximum Gasteiger partial charge on any atom is 0.145 e. The molecule has 0 saturated carbocycles. The summed E-state index contributed by atoms with van der Waals surface area (Å²) in [6.45, 7) is 0. The van der Waals surface area contributed by atoms with Gasteiger partial charge in [-0.15, -0.1) is 0 Å². The van der Waals surface area contributed by atoms with Gasteiger partial charge in [0.25, 0.3) is 0 Å². The van der Waals surface area contributed by atoms with Crippen molar-refractivity contribution < 1.29 is 0 Å². The molecule has 226 valence electrons. The van der Waals surface area contributed by atoms with Crippen LogP contribution < -0.4 is 4.90 Å². The zero-order chi connectivity index (χ0) is 31.9. The van der Waals surface area contributed by atoms with Crippen LogP contribution in [0.25, 0.3) is 60.8 Å². The van der Waals surface area contributed by atoms with Crippen LogP contribution in [0.4, 0.5) is 17.1 Å². The topological polar surface area (TPSA) is 21.1 Å². The van der Waals surface area contributed by atoms with E-state index in [1.165, 1.54) is 32.7 Å². The van der Waals surface area contributed by atoms with Crippen LogP contribution in [-0.4, -0.2) is 9.55 Å². The summed E-state index contributed by atoms with van der Waals surface area (Å²) in [7, 11) is 0. The van der Waals surface area contributed by atoms with E-state index in [1.54, 1.807) is 0 Å². The van der Waals surface area contributed by atoms with E-state index in [-0.39, 0.29) is 0 Å². The van der Waals surface area contributed by atoms with E-state index in [4.69, 9.17) is 4.98 Å². The molecule has 9 aromatic rings. The molecule has 9 rings (SSSR count). The molecule has 0 N–H and O–H groups in total. The minimum absolute atomic E-state index is 0.921. The highest BCUT2D eigenvalue weighted by atomic mass is 15.1. The average Bonchev–Trinajstić information content (AvgIpc) is 3.57. The van der Waals surface area contributed by atoms with Crippen LogP contribution >= 0.6 is 0 Å². The molecule has 0 amide bonds. The molecule has 3 heteroatoms. The molecule has 0 aliphatic carbocycles. The lowest BCUT2D eigenvalue weighted by Gasteiger charge is -2.26. The van der Waals surface area contributed by atoms with Crippen molar-refractivity contribution in [1.82, 2.24) is 9.55 Å². The second-order valence-electron chi connectivity index (χ2n) is 12.1. The third kappa shape index (κ3) is 4.81. The van der Waals surface area contributed by atoms with E-state index in [0.717, 1.165) is 45.2 Å². The van der Waals surface area contributed by atoms with Gasteiger partial charge < -0.3 is 4.90 Å². The highest BCUT2D eigenvalue weighted by molar-refractivity contribution is 6.06. The first-order chi connectivity index (χ1) is 23.8. The molecular formula is C45H31N3. The van der Waals surface area contributed by atoms with Gasteiger partial charge in [0.05, 0.1) is 11.0 Å². The molecule has 48 heavy (non-hydrogen) atoms. The fourth-order valence-corrected chi connectivity index (χ4v) is 6.91. The van der Waals surface area contributed by atoms with Gasteiger partial charge in [0.1, 0.15) is 5.82 Å². The predicted molar refractivity (Wildman–Crippen MR) is 202 cm³/mol. The number of para-hydroxylation sites is 2. The Morgan fingerprint density at radius 2 is 0.938 bits per heavy atom. The maximum atomic E-state index is 5.21. The molecule has 1 heterocycles. The quantitative estimate of drug-likeness (QED) is 0.186. The predicted octanol–water partition coefficient (Wildman–Crippen LogP) is 12.1. The van der Waals surface area contributed by atoms with E-state index in [9.17, 15) is 0 Å². The molecule has 0 atom stereocenters. The Morgan fingerprint density at radius 3 is 1.65 bits per heavy atom. The normalized spacial score (nSPS) is 11.3. The number of hydrogen-bond donors (Lipinski definition) is 0. The van der Waals surface area contributed by atoms with Gasteiger partial charge in [-0.25, -0.2) is 4.98 Å². The van der Waals surface area contributed by atoms with Crippen molar-refractivity contribution in [3.8, 4) is 28.2 Å². The monoisotopic (exact) mass is 613 g/mol. The third-order valence-electron chi connectivity index (χ3n) is 9.18. The largest absolute Gasteiger partial charge is 0.311 e. The Kier molecular flexibility index (Phi) is 6.80.